The predicted molar refractivity (Wildman–Crippen MR) is 148 cm³/mol. The van der Waals surface area contributed by atoms with Gasteiger partial charge in [-0.15, -0.1) is 15.3 Å². The van der Waals surface area contributed by atoms with Gasteiger partial charge in [0.1, 0.15) is 11.5 Å². The summed E-state index contributed by atoms with van der Waals surface area (Å²) in [7, 11) is 0. The fraction of sp³-hybridized carbons (Fsp3) is 0.400. The predicted octanol–water partition coefficient (Wildman–Crippen LogP) is 3.93. The van der Waals surface area contributed by atoms with Gasteiger partial charge in [0.15, 0.2) is 11.5 Å². The molecule has 2 aromatic carbocycles. The minimum atomic E-state index is -0.997. The molecule has 0 atom stereocenters. The number of likely N-dealkylation sites (tertiary alicyclic amines) is 1. The van der Waals surface area contributed by atoms with E-state index in [1.165, 1.54) is 15.6 Å². The van der Waals surface area contributed by atoms with E-state index >= 15 is 0 Å². The first-order chi connectivity index (χ1) is 18.9. The van der Waals surface area contributed by atoms with Gasteiger partial charge in [-0.25, -0.2) is 0 Å². The molecule has 0 saturated carbocycles. The topological polar surface area (TPSA) is 108 Å². The van der Waals surface area contributed by atoms with Crippen LogP contribution < -0.4 is 10.5 Å². The lowest BCUT2D eigenvalue weighted by molar-refractivity contribution is -0.122. The van der Waals surface area contributed by atoms with Crippen molar-refractivity contribution in [2.24, 2.45) is 5.73 Å². The fourth-order valence-electron chi connectivity index (χ4n) is 4.88. The molecule has 1 saturated heterocycles. The van der Waals surface area contributed by atoms with Crippen molar-refractivity contribution >= 4 is 11.6 Å². The normalized spacial score (nSPS) is 15.2. The summed E-state index contributed by atoms with van der Waals surface area (Å²) in [5.74, 6) is 0.362. The number of benzene rings is 2. The Balaban J connectivity index is 1.10. The third-order valence-corrected chi connectivity index (χ3v) is 7.35. The van der Waals surface area contributed by atoms with Crippen molar-refractivity contribution in [1.29, 1.82) is 0 Å². The summed E-state index contributed by atoms with van der Waals surface area (Å²) < 4.78 is 14.1. The van der Waals surface area contributed by atoms with Gasteiger partial charge in [-0.2, -0.15) is 4.52 Å². The van der Waals surface area contributed by atoms with Crippen LogP contribution in [0.2, 0.25) is 0 Å². The number of rotatable bonds is 11. The number of nitrogens with zero attached hydrogens (tertiary/aromatic N) is 5. The van der Waals surface area contributed by atoms with E-state index in [0.29, 0.717) is 24.0 Å². The molecule has 1 amide bonds. The highest BCUT2D eigenvalue weighted by Gasteiger charge is 2.33. The second-order valence-corrected chi connectivity index (χ2v) is 10.5. The fourth-order valence-corrected chi connectivity index (χ4v) is 4.88. The molecular formula is C30H36N6O3. The Morgan fingerprint density at radius 2 is 1.62 bits per heavy atom. The van der Waals surface area contributed by atoms with Crippen molar-refractivity contribution in [3.05, 3.63) is 89.7 Å². The third kappa shape index (κ3) is 6.26. The number of carbonyl (C=O) groups is 1. The average Bonchev–Trinajstić information content (AvgIpc) is 3.40. The van der Waals surface area contributed by atoms with Gasteiger partial charge in [-0.3, -0.25) is 4.79 Å². The Hall–Kier alpha value is -3.82. The van der Waals surface area contributed by atoms with Crippen LogP contribution >= 0.6 is 0 Å². The number of hydrogen-bond acceptors (Lipinski definition) is 7. The number of fused-ring (bicyclic) bond motifs is 1. The zero-order valence-electron chi connectivity index (χ0n) is 22.6. The number of aromatic nitrogens is 4. The van der Waals surface area contributed by atoms with Crippen molar-refractivity contribution in [2.75, 3.05) is 26.2 Å². The highest BCUT2D eigenvalue weighted by molar-refractivity contribution is 5.84. The first-order valence-corrected chi connectivity index (χ1v) is 13.5. The maximum atomic E-state index is 11.9. The molecule has 2 aromatic heterocycles. The third-order valence-electron chi connectivity index (χ3n) is 7.35. The van der Waals surface area contributed by atoms with Crippen molar-refractivity contribution in [1.82, 2.24) is 24.7 Å². The van der Waals surface area contributed by atoms with Gasteiger partial charge in [0, 0.05) is 25.7 Å². The molecule has 1 aliphatic heterocycles. The molecule has 39 heavy (non-hydrogen) atoms. The molecule has 0 radical (unpaired) electrons. The Labute approximate surface area is 228 Å². The molecule has 204 valence electrons. The van der Waals surface area contributed by atoms with E-state index < -0.39 is 11.3 Å². The molecule has 0 aliphatic carbocycles. The summed E-state index contributed by atoms with van der Waals surface area (Å²) in [5.41, 5.74) is 7.47. The van der Waals surface area contributed by atoms with E-state index in [1.807, 2.05) is 12.1 Å². The van der Waals surface area contributed by atoms with Crippen molar-refractivity contribution in [3.8, 4) is 5.88 Å². The van der Waals surface area contributed by atoms with E-state index in [2.05, 4.69) is 68.7 Å². The van der Waals surface area contributed by atoms with Crippen LogP contribution in [0.25, 0.3) is 5.65 Å². The first-order valence-electron chi connectivity index (χ1n) is 13.5. The van der Waals surface area contributed by atoms with Gasteiger partial charge in [-0.05, 0) is 50.3 Å². The lowest BCUT2D eigenvalue weighted by Gasteiger charge is -2.34. The smallest absolute Gasteiger partial charge is 0.231 e. The molecule has 2 N–H and O–H groups in total. The van der Waals surface area contributed by atoms with E-state index in [-0.39, 0.29) is 12.2 Å². The standard InChI is InChI=1S/C30H36N6O3/c1-30(2,28(31)37)29-33-32-25-14-15-26(34-36(25)29)38-21-9-18-35-19-16-24(17-20-35)39-27(22-10-5-3-6-11-22)23-12-7-4-8-13-23/h3-8,10-15,24,27H,9,16-21H2,1-2H3,(H2,31,37). The summed E-state index contributed by atoms with van der Waals surface area (Å²) >= 11 is 0. The van der Waals surface area contributed by atoms with Crippen molar-refractivity contribution in [2.45, 2.75) is 50.7 Å². The molecule has 4 aromatic rings. The van der Waals surface area contributed by atoms with E-state index in [0.717, 1.165) is 38.9 Å². The number of piperidine rings is 1. The highest BCUT2D eigenvalue weighted by atomic mass is 16.5. The maximum absolute atomic E-state index is 11.9. The van der Waals surface area contributed by atoms with Crippen molar-refractivity contribution < 1.29 is 14.3 Å². The molecular weight excluding hydrogens is 492 g/mol. The van der Waals surface area contributed by atoms with Gasteiger partial charge in [-0.1, -0.05) is 60.7 Å². The van der Waals surface area contributed by atoms with Gasteiger partial charge in [0.05, 0.1) is 12.7 Å². The molecule has 1 aliphatic rings. The van der Waals surface area contributed by atoms with Gasteiger partial charge in [0.2, 0.25) is 11.8 Å². The molecule has 0 unspecified atom stereocenters. The molecule has 1 fully saturated rings. The minimum Gasteiger partial charge on any atom is -0.477 e. The zero-order valence-corrected chi connectivity index (χ0v) is 22.6. The first kappa shape index (κ1) is 26.8. The number of ether oxygens (including phenoxy) is 2. The molecule has 9 nitrogen and oxygen atoms in total. The largest absolute Gasteiger partial charge is 0.477 e. The highest BCUT2D eigenvalue weighted by Crippen LogP contribution is 2.30. The molecule has 9 heteroatoms. The number of nitrogens with two attached hydrogens (primary N) is 1. The summed E-state index contributed by atoms with van der Waals surface area (Å²) in [6.45, 7) is 6.89. The van der Waals surface area contributed by atoms with E-state index in [9.17, 15) is 4.79 Å². The Bertz CT molecular complexity index is 1330. The van der Waals surface area contributed by atoms with Crippen LogP contribution in [0.5, 0.6) is 5.88 Å². The Morgan fingerprint density at radius 3 is 2.23 bits per heavy atom. The number of primary amides is 1. The Kier molecular flexibility index (Phi) is 8.18. The summed E-state index contributed by atoms with van der Waals surface area (Å²) in [6, 6.07) is 24.5. The van der Waals surface area contributed by atoms with Crippen LogP contribution in [0.15, 0.2) is 72.8 Å². The van der Waals surface area contributed by atoms with Crippen LogP contribution in [-0.4, -0.2) is 63.0 Å². The lowest BCUT2D eigenvalue weighted by Crippen LogP contribution is -2.38. The van der Waals surface area contributed by atoms with Gasteiger partial charge < -0.3 is 20.1 Å². The SMILES string of the molecule is CC(C)(C(N)=O)c1nnc2ccc(OCCCN3CCC(OC(c4ccccc4)c4ccccc4)CC3)nn12. The zero-order chi connectivity index (χ0) is 27.2. The number of carbonyl (C=O) groups excluding carboxylic acids is 1. The summed E-state index contributed by atoms with van der Waals surface area (Å²) in [5, 5.41) is 12.7. The lowest BCUT2D eigenvalue weighted by atomic mass is 9.92. The van der Waals surface area contributed by atoms with Crippen LogP contribution in [0.4, 0.5) is 0 Å². The monoisotopic (exact) mass is 528 g/mol. The quantitative estimate of drug-likeness (QED) is 0.294. The van der Waals surface area contributed by atoms with Crippen LogP contribution in [0.3, 0.4) is 0 Å². The summed E-state index contributed by atoms with van der Waals surface area (Å²) in [4.78, 5) is 14.3. The maximum Gasteiger partial charge on any atom is 0.231 e. The molecule has 3 heterocycles. The van der Waals surface area contributed by atoms with Gasteiger partial charge in [0.25, 0.3) is 0 Å². The van der Waals surface area contributed by atoms with Crippen LogP contribution in [-0.2, 0) is 14.9 Å². The van der Waals surface area contributed by atoms with Crippen molar-refractivity contribution in [3.63, 3.8) is 0 Å². The Morgan fingerprint density at radius 1 is 0.974 bits per heavy atom. The van der Waals surface area contributed by atoms with Gasteiger partial charge >= 0.3 is 0 Å². The molecule has 0 bridgehead atoms. The van der Waals surface area contributed by atoms with Crippen LogP contribution in [0.1, 0.15) is 56.2 Å². The second kappa shape index (κ2) is 11.9. The van der Waals surface area contributed by atoms with E-state index in [4.69, 9.17) is 15.2 Å². The number of amides is 1. The molecule has 0 spiro atoms. The summed E-state index contributed by atoms with van der Waals surface area (Å²) in [6.07, 6.45) is 3.05. The van der Waals surface area contributed by atoms with Crippen LogP contribution in [0, 0.1) is 0 Å². The average molecular weight is 529 g/mol. The molecule has 5 rings (SSSR count). The number of hydrogen-bond donors (Lipinski definition) is 1. The minimum absolute atomic E-state index is 0.0538. The second-order valence-electron chi connectivity index (χ2n) is 10.5. The van der Waals surface area contributed by atoms with E-state index in [1.54, 1.807) is 26.0 Å².